The molecule has 0 amide bonds. The van der Waals surface area contributed by atoms with E-state index in [1.165, 1.54) is 0 Å². The van der Waals surface area contributed by atoms with Gasteiger partial charge in [-0.3, -0.25) is 9.59 Å². The molecule has 2 aromatic rings. The summed E-state index contributed by atoms with van der Waals surface area (Å²) in [5.41, 5.74) is -0.312. The van der Waals surface area contributed by atoms with E-state index in [1.807, 2.05) is 0 Å². The van der Waals surface area contributed by atoms with Gasteiger partial charge in [0.25, 0.3) is 18.1 Å². The number of rotatable bonds is 2. The molecule has 10 heteroatoms. The Morgan fingerprint density at radius 2 is 0.917 bits per heavy atom. The number of carbonyl (C=O) groups is 2. The molecule has 1 aliphatic carbocycles. The second-order valence-electron chi connectivity index (χ2n) is 4.95. The average Bonchev–Trinajstić information content (AvgIpc) is 2.49. The first-order valence-corrected chi connectivity index (χ1v) is 10.9. The van der Waals surface area contributed by atoms with Crippen LogP contribution in [-0.4, -0.2) is 28.4 Å². The second kappa shape index (κ2) is 5.38. The van der Waals surface area contributed by atoms with E-state index in [9.17, 15) is 26.4 Å². The Morgan fingerprint density at radius 3 is 1.21 bits per heavy atom. The lowest BCUT2D eigenvalue weighted by Gasteiger charge is -2.18. The summed E-state index contributed by atoms with van der Waals surface area (Å²) in [5, 5.41) is 0. The summed E-state index contributed by atoms with van der Waals surface area (Å²) < 4.78 is 45.6. The van der Waals surface area contributed by atoms with Crippen LogP contribution in [0.4, 0.5) is 0 Å². The molecular weight excluding hydrogens is 399 g/mol. The number of hydrogen-bond acceptors (Lipinski definition) is 6. The highest BCUT2D eigenvalue weighted by atomic mass is 35.7. The molecule has 124 valence electrons. The SMILES string of the molecule is O=C1c2ccc(S(=O)(=O)Cl)cc2C(=O)c2ccc(S(=O)(=O)Cl)cc21. The molecule has 0 radical (unpaired) electrons. The Kier molecular flexibility index (Phi) is 3.83. The van der Waals surface area contributed by atoms with Crippen LogP contribution in [-0.2, 0) is 18.1 Å². The minimum atomic E-state index is -4.07. The molecule has 0 aliphatic heterocycles. The first kappa shape index (κ1) is 17.1. The van der Waals surface area contributed by atoms with Crippen molar-refractivity contribution < 1.29 is 26.4 Å². The van der Waals surface area contributed by atoms with E-state index in [1.54, 1.807) is 0 Å². The molecule has 6 nitrogen and oxygen atoms in total. The zero-order valence-electron chi connectivity index (χ0n) is 11.5. The van der Waals surface area contributed by atoms with E-state index >= 15 is 0 Å². The number of fused-ring (bicyclic) bond motifs is 2. The van der Waals surface area contributed by atoms with Gasteiger partial charge in [-0.25, -0.2) is 16.8 Å². The number of ketones is 2. The quantitative estimate of drug-likeness (QED) is 0.607. The van der Waals surface area contributed by atoms with E-state index in [-0.39, 0.29) is 32.0 Å². The fourth-order valence-electron chi connectivity index (χ4n) is 2.41. The first-order valence-electron chi connectivity index (χ1n) is 6.27. The standard InChI is InChI=1S/C14H6Cl2O6S2/c15-23(19,20)7-1-3-9-11(5-7)14(18)10-4-2-8(24(16,21)22)6-12(10)13(9)17/h1-6H. The molecule has 0 saturated carbocycles. The Bertz CT molecular complexity index is 1040. The normalized spacial score (nSPS) is 14.2. The fourth-order valence-corrected chi connectivity index (χ4v) is 3.97. The monoisotopic (exact) mass is 404 g/mol. The van der Waals surface area contributed by atoms with Crippen molar-refractivity contribution in [3.05, 3.63) is 58.7 Å². The number of hydrogen-bond donors (Lipinski definition) is 0. The molecule has 1 aliphatic rings. The van der Waals surface area contributed by atoms with Gasteiger partial charge in [-0.15, -0.1) is 0 Å². The van der Waals surface area contributed by atoms with Crippen molar-refractivity contribution >= 4 is 51.0 Å². The molecule has 0 aromatic heterocycles. The van der Waals surface area contributed by atoms with Crippen LogP contribution >= 0.6 is 21.4 Å². The van der Waals surface area contributed by atoms with Gasteiger partial charge >= 0.3 is 0 Å². The van der Waals surface area contributed by atoms with Crippen LogP contribution in [0.5, 0.6) is 0 Å². The van der Waals surface area contributed by atoms with Gasteiger partial charge in [0.2, 0.25) is 0 Å². The maximum Gasteiger partial charge on any atom is 0.261 e. The summed E-state index contributed by atoms with van der Waals surface area (Å²) in [6.45, 7) is 0. The Morgan fingerprint density at radius 1 is 0.583 bits per heavy atom. The summed E-state index contributed by atoms with van der Waals surface area (Å²) >= 11 is 0. The molecule has 0 spiro atoms. The lowest BCUT2D eigenvalue weighted by molar-refractivity contribution is 0.0978. The van der Waals surface area contributed by atoms with Crippen LogP contribution in [0.25, 0.3) is 0 Å². The van der Waals surface area contributed by atoms with Crippen molar-refractivity contribution in [3.63, 3.8) is 0 Å². The predicted molar refractivity (Wildman–Crippen MR) is 85.8 cm³/mol. The van der Waals surface area contributed by atoms with Crippen LogP contribution in [0.3, 0.4) is 0 Å². The summed E-state index contributed by atoms with van der Waals surface area (Å²) in [4.78, 5) is 24.4. The first-order chi connectivity index (χ1) is 11.0. The molecule has 0 saturated heterocycles. The molecule has 0 unspecified atom stereocenters. The average molecular weight is 405 g/mol. The van der Waals surface area contributed by atoms with Gasteiger partial charge in [-0.05, 0) is 36.4 Å². The van der Waals surface area contributed by atoms with Gasteiger partial charge in [0, 0.05) is 43.6 Å². The van der Waals surface area contributed by atoms with Crippen LogP contribution in [0.1, 0.15) is 31.8 Å². The highest BCUT2D eigenvalue weighted by Crippen LogP contribution is 2.31. The van der Waals surface area contributed by atoms with Crippen LogP contribution in [0.2, 0.25) is 0 Å². The zero-order valence-corrected chi connectivity index (χ0v) is 14.6. The van der Waals surface area contributed by atoms with Gasteiger partial charge < -0.3 is 0 Å². The van der Waals surface area contributed by atoms with Crippen LogP contribution < -0.4 is 0 Å². The predicted octanol–water partition coefficient (Wildman–Crippen LogP) is 2.32. The van der Waals surface area contributed by atoms with Crippen molar-refractivity contribution in [2.24, 2.45) is 0 Å². The molecule has 3 rings (SSSR count). The van der Waals surface area contributed by atoms with Crippen molar-refractivity contribution in [1.29, 1.82) is 0 Å². The topological polar surface area (TPSA) is 102 Å². The number of carbonyl (C=O) groups excluding carboxylic acids is 2. The summed E-state index contributed by atoms with van der Waals surface area (Å²) in [6, 6.07) is 6.56. The number of benzene rings is 2. The third kappa shape index (κ3) is 2.75. The lowest BCUT2D eigenvalue weighted by atomic mass is 9.84. The second-order valence-corrected chi connectivity index (χ2v) is 10.1. The van der Waals surface area contributed by atoms with Crippen molar-refractivity contribution in [2.75, 3.05) is 0 Å². The largest absolute Gasteiger partial charge is 0.289 e. The van der Waals surface area contributed by atoms with Gasteiger partial charge in [-0.1, -0.05) is 0 Å². The smallest absolute Gasteiger partial charge is 0.261 e. The third-order valence-corrected chi connectivity index (χ3v) is 6.23. The van der Waals surface area contributed by atoms with E-state index in [2.05, 4.69) is 0 Å². The van der Waals surface area contributed by atoms with Crippen LogP contribution in [0.15, 0.2) is 46.2 Å². The fraction of sp³-hybridized carbons (Fsp3) is 0. The molecular formula is C14H6Cl2O6S2. The van der Waals surface area contributed by atoms with Gasteiger partial charge in [0.05, 0.1) is 9.79 Å². The maximum atomic E-state index is 12.5. The third-order valence-electron chi connectivity index (χ3n) is 3.52. The number of halogens is 2. The highest BCUT2D eigenvalue weighted by Gasteiger charge is 2.32. The Hall–Kier alpha value is -1.74. The maximum absolute atomic E-state index is 12.5. The van der Waals surface area contributed by atoms with Crippen molar-refractivity contribution in [3.8, 4) is 0 Å². The van der Waals surface area contributed by atoms with Gasteiger partial charge in [0.1, 0.15) is 0 Å². The zero-order chi connectivity index (χ0) is 17.9. The van der Waals surface area contributed by atoms with E-state index in [4.69, 9.17) is 21.4 Å². The molecule has 0 bridgehead atoms. The van der Waals surface area contributed by atoms with Crippen molar-refractivity contribution in [1.82, 2.24) is 0 Å². The van der Waals surface area contributed by atoms with E-state index in [0.717, 1.165) is 36.4 Å². The molecule has 0 N–H and O–H groups in total. The van der Waals surface area contributed by atoms with E-state index < -0.39 is 29.7 Å². The highest BCUT2D eigenvalue weighted by molar-refractivity contribution is 8.14. The molecule has 0 heterocycles. The Balaban J connectivity index is 2.26. The molecule has 24 heavy (non-hydrogen) atoms. The minimum Gasteiger partial charge on any atom is -0.289 e. The van der Waals surface area contributed by atoms with Crippen LogP contribution in [0, 0.1) is 0 Å². The summed E-state index contributed by atoms with van der Waals surface area (Å²) in [7, 11) is 2.36. The molecule has 0 atom stereocenters. The minimum absolute atomic E-state index is 0.0410. The lowest BCUT2D eigenvalue weighted by Crippen LogP contribution is -2.21. The summed E-state index contributed by atoms with van der Waals surface area (Å²) in [6.07, 6.45) is 0. The Labute approximate surface area is 145 Å². The molecule has 2 aromatic carbocycles. The van der Waals surface area contributed by atoms with Gasteiger partial charge in [-0.2, -0.15) is 0 Å². The summed E-state index contributed by atoms with van der Waals surface area (Å²) in [5.74, 6) is -1.22. The van der Waals surface area contributed by atoms with Crippen molar-refractivity contribution in [2.45, 2.75) is 9.79 Å². The van der Waals surface area contributed by atoms with E-state index in [0.29, 0.717) is 0 Å². The van der Waals surface area contributed by atoms with Gasteiger partial charge in [0.15, 0.2) is 11.6 Å². The molecule has 0 fully saturated rings.